The van der Waals surface area contributed by atoms with E-state index in [1.165, 1.54) is 11.1 Å². The van der Waals surface area contributed by atoms with E-state index in [-0.39, 0.29) is 5.91 Å². The summed E-state index contributed by atoms with van der Waals surface area (Å²) in [7, 11) is 0. The number of nitrogens with zero attached hydrogens (tertiary/aromatic N) is 1. The third-order valence-electron chi connectivity index (χ3n) is 2.85. The molecule has 0 radical (unpaired) electrons. The Morgan fingerprint density at radius 3 is 2.50 bits per heavy atom. The van der Waals surface area contributed by atoms with Crippen LogP contribution < -0.4 is 0 Å². The van der Waals surface area contributed by atoms with Crippen molar-refractivity contribution in [2.24, 2.45) is 0 Å². The third-order valence-corrected chi connectivity index (χ3v) is 2.85. The average Bonchev–Trinajstić information content (AvgIpc) is 2.43. The first kappa shape index (κ1) is 14.2. The molecule has 0 aliphatic carbocycles. The van der Waals surface area contributed by atoms with E-state index >= 15 is 0 Å². The molecule has 1 rings (SSSR count). The second-order valence-electron chi connectivity index (χ2n) is 4.19. The van der Waals surface area contributed by atoms with Crippen LogP contribution in [0.15, 0.2) is 49.1 Å². The monoisotopic (exact) mass is 243 g/mol. The number of hydrogen-bond donors (Lipinski definition) is 0. The van der Waals surface area contributed by atoms with Crippen LogP contribution in [0.25, 0.3) is 5.57 Å². The number of rotatable bonds is 6. The van der Waals surface area contributed by atoms with Crippen LogP contribution in [0.2, 0.25) is 0 Å². The van der Waals surface area contributed by atoms with Crippen molar-refractivity contribution in [2.45, 2.75) is 20.3 Å². The van der Waals surface area contributed by atoms with Gasteiger partial charge in [-0.15, -0.1) is 6.58 Å². The maximum absolute atomic E-state index is 11.7. The number of hydrogen-bond acceptors (Lipinski definition) is 1. The lowest BCUT2D eigenvalue weighted by atomic mass is 10.1. The summed E-state index contributed by atoms with van der Waals surface area (Å²) in [4.78, 5) is 13.5. The number of allylic oxidation sites excluding steroid dienone is 1. The van der Waals surface area contributed by atoms with Gasteiger partial charge in [0.05, 0.1) is 0 Å². The number of amides is 1. The van der Waals surface area contributed by atoms with E-state index in [1.54, 1.807) is 11.0 Å². The SMILES string of the molecule is C=CCN(CC=C(C)c1ccccc1)C(=O)CC. The minimum Gasteiger partial charge on any atom is -0.335 e. The fourth-order valence-corrected chi connectivity index (χ4v) is 1.72. The van der Waals surface area contributed by atoms with Gasteiger partial charge in [0.15, 0.2) is 0 Å². The molecule has 0 fully saturated rings. The van der Waals surface area contributed by atoms with Gasteiger partial charge in [-0.1, -0.05) is 49.4 Å². The number of carbonyl (C=O) groups excluding carboxylic acids is 1. The Morgan fingerprint density at radius 1 is 1.28 bits per heavy atom. The molecule has 0 aromatic heterocycles. The molecule has 1 aromatic rings. The maximum Gasteiger partial charge on any atom is 0.222 e. The zero-order valence-electron chi connectivity index (χ0n) is 11.2. The highest BCUT2D eigenvalue weighted by atomic mass is 16.2. The average molecular weight is 243 g/mol. The van der Waals surface area contributed by atoms with Gasteiger partial charge < -0.3 is 4.90 Å². The first-order valence-corrected chi connectivity index (χ1v) is 6.29. The van der Waals surface area contributed by atoms with E-state index in [4.69, 9.17) is 0 Å². The maximum atomic E-state index is 11.7. The van der Waals surface area contributed by atoms with Crippen molar-refractivity contribution < 1.29 is 4.79 Å². The number of benzene rings is 1. The van der Waals surface area contributed by atoms with E-state index in [0.29, 0.717) is 19.5 Å². The first-order chi connectivity index (χ1) is 8.69. The van der Waals surface area contributed by atoms with E-state index in [2.05, 4.69) is 31.7 Å². The summed E-state index contributed by atoms with van der Waals surface area (Å²) in [6, 6.07) is 10.2. The minimum atomic E-state index is 0.159. The Bertz CT molecular complexity index is 420. The van der Waals surface area contributed by atoms with E-state index in [9.17, 15) is 4.79 Å². The molecular formula is C16H21NO. The van der Waals surface area contributed by atoms with Gasteiger partial charge in [0.25, 0.3) is 0 Å². The standard InChI is InChI=1S/C16H21NO/c1-4-12-17(16(18)5-2)13-11-14(3)15-9-7-6-8-10-15/h4,6-11H,1,5,12-13H2,2-3H3. The van der Waals surface area contributed by atoms with Gasteiger partial charge in [-0.25, -0.2) is 0 Å². The van der Waals surface area contributed by atoms with Gasteiger partial charge in [0, 0.05) is 19.5 Å². The summed E-state index contributed by atoms with van der Waals surface area (Å²) in [5.41, 5.74) is 2.38. The van der Waals surface area contributed by atoms with Crippen molar-refractivity contribution in [3.63, 3.8) is 0 Å². The predicted octanol–water partition coefficient (Wildman–Crippen LogP) is 3.51. The van der Waals surface area contributed by atoms with Gasteiger partial charge in [-0.05, 0) is 18.1 Å². The first-order valence-electron chi connectivity index (χ1n) is 6.29. The highest BCUT2D eigenvalue weighted by Crippen LogP contribution is 2.12. The topological polar surface area (TPSA) is 20.3 Å². The molecule has 2 nitrogen and oxygen atoms in total. The molecular weight excluding hydrogens is 222 g/mol. The second-order valence-corrected chi connectivity index (χ2v) is 4.19. The largest absolute Gasteiger partial charge is 0.335 e. The van der Waals surface area contributed by atoms with E-state index in [1.807, 2.05) is 25.1 Å². The van der Waals surface area contributed by atoms with Gasteiger partial charge in [0.2, 0.25) is 5.91 Å². The van der Waals surface area contributed by atoms with Crippen LogP contribution in [-0.2, 0) is 4.79 Å². The molecule has 0 atom stereocenters. The molecule has 0 N–H and O–H groups in total. The van der Waals surface area contributed by atoms with Crippen molar-refractivity contribution in [2.75, 3.05) is 13.1 Å². The normalized spacial score (nSPS) is 11.1. The molecule has 0 bridgehead atoms. The molecule has 1 aromatic carbocycles. The Labute approximate surface area is 110 Å². The Kier molecular flexibility index (Phi) is 5.92. The van der Waals surface area contributed by atoms with E-state index in [0.717, 1.165) is 0 Å². The summed E-state index contributed by atoms with van der Waals surface area (Å²) in [6.07, 6.45) is 4.39. The zero-order chi connectivity index (χ0) is 13.4. The lowest BCUT2D eigenvalue weighted by molar-refractivity contribution is -0.129. The molecule has 0 spiro atoms. The quantitative estimate of drug-likeness (QED) is 0.700. The van der Waals surface area contributed by atoms with Crippen molar-refractivity contribution in [1.29, 1.82) is 0 Å². The molecule has 1 amide bonds. The van der Waals surface area contributed by atoms with Crippen LogP contribution in [0.4, 0.5) is 0 Å². The highest BCUT2D eigenvalue weighted by Gasteiger charge is 2.07. The van der Waals surface area contributed by atoms with Crippen LogP contribution in [0, 0.1) is 0 Å². The molecule has 0 saturated heterocycles. The Morgan fingerprint density at radius 2 is 1.94 bits per heavy atom. The molecule has 0 saturated carbocycles. The van der Waals surface area contributed by atoms with E-state index < -0.39 is 0 Å². The summed E-state index contributed by atoms with van der Waals surface area (Å²) < 4.78 is 0. The summed E-state index contributed by atoms with van der Waals surface area (Å²) >= 11 is 0. The van der Waals surface area contributed by atoms with Crippen molar-refractivity contribution >= 4 is 11.5 Å². The van der Waals surface area contributed by atoms with Gasteiger partial charge >= 0.3 is 0 Å². The minimum absolute atomic E-state index is 0.159. The number of carbonyl (C=O) groups is 1. The lowest BCUT2D eigenvalue weighted by Gasteiger charge is -2.19. The van der Waals surface area contributed by atoms with Gasteiger partial charge in [-0.3, -0.25) is 4.79 Å². The fourth-order valence-electron chi connectivity index (χ4n) is 1.72. The third kappa shape index (κ3) is 4.21. The van der Waals surface area contributed by atoms with Crippen LogP contribution in [0.5, 0.6) is 0 Å². The summed E-state index contributed by atoms with van der Waals surface area (Å²) in [5.74, 6) is 0.159. The summed E-state index contributed by atoms with van der Waals surface area (Å²) in [5, 5.41) is 0. The van der Waals surface area contributed by atoms with Crippen LogP contribution in [-0.4, -0.2) is 23.9 Å². The lowest BCUT2D eigenvalue weighted by Crippen LogP contribution is -2.30. The smallest absolute Gasteiger partial charge is 0.222 e. The van der Waals surface area contributed by atoms with Crippen molar-refractivity contribution in [3.8, 4) is 0 Å². The van der Waals surface area contributed by atoms with Gasteiger partial charge in [-0.2, -0.15) is 0 Å². The van der Waals surface area contributed by atoms with Crippen molar-refractivity contribution in [1.82, 2.24) is 4.90 Å². The summed E-state index contributed by atoms with van der Waals surface area (Å²) in [6.45, 7) is 8.88. The fraction of sp³-hybridized carbons (Fsp3) is 0.312. The predicted molar refractivity (Wildman–Crippen MR) is 77.2 cm³/mol. The van der Waals surface area contributed by atoms with Gasteiger partial charge in [0.1, 0.15) is 0 Å². The highest BCUT2D eigenvalue weighted by molar-refractivity contribution is 5.76. The molecule has 0 unspecified atom stereocenters. The Hall–Kier alpha value is -1.83. The van der Waals surface area contributed by atoms with Crippen LogP contribution in [0.1, 0.15) is 25.8 Å². The zero-order valence-corrected chi connectivity index (χ0v) is 11.2. The molecule has 0 heterocycles. The molecule has 0 aliphatic rings. The molecule has 18 heavy (non-hydrogen) atoms. The van der Waals surface area contributed by atoms with Crippen molar-refractivity contribution in [3.05, 3.63) is 54.6 Å². The van der Waals surface area contributed by atoms with Crippen LogP contribution >= 0.6 is 0 Å². The Balaban J connectivity index is 2.71. The second kappa shape index (κ2) is 7.49. The molecule has 2 heteroatoms. The molecule has 0 aliphatic heterocycles. The van der Waals surface area contributed by atoms with Crippen LogP contribution in [0.3, 0.4) is 0 Å². The molecule has 96 valence electrons.